The van der Waals surface area contributed by atoms with Crippen LogP contribution in [-0.4, -0.2) is 33.6 Å². The van der Waals surface area contributed by atoms with Gasteiger partial charge in [-0.25, -0.2) is 4.79 Å². The lowest BCUT2D eigenvalue weighted by molar-refractivity contribution is -0.257. The minimum atomic E-state index is -0.715. The van der Waals surface area contributed by atoms with Crippen molar-refractivity contribution in [2.75, 3.05) is 0 Å². The van der Waals surface area contributed by atoms with Crippen LogP contribution >= 0.6 is 0 Å². The number of carbonyl (C=O) groups is 1. The Morgan fingerprint density at radius 2 is 1.37 bits per heavy atom. The summed E-state index contributed by atoms with van der Waals surface area (Å²) in [6, 6.07) is 22.7. The molecule has 0 bridgehead atoms. The normalized spacial score (nSPS) is 18.5. The zero-order chi connectivity index (χ0) is 24.5. The summed E-state index contributed by atoms with van der Waals surface area (Å²) < 4.78 is 11.9. The minimum Gasteiger partial charge on any atom is -0.431 e. The minimum absolute atomic E-state index is 0.359. The molecule has 0 unspecified atom stereocenters. The Kier molecular flexibility index (Phi) is 4.76. The highest BCUT2D eigenvalue weighted by Gasteiger charge is 2.46. The molecule has 5 nitrogen and oxygen atoms in total. The molecule has 6 rings (SSSR count). The van der Waals surface area contributed by atoms with Gasteiger partial charge < -0.3 is 14.7 Å². The monoisotopic (exact) mass is 467 g/mol. The Bertz CT molecular complexity index is 1570. The zero-order valence-electron chi connectivity index (χ0n) is 20.5. The summed E-state index contributed by atoms with van der Waals surface area (Å²) >= 11 is 0. The fraction of sp³-hybridized carbons (Fsp3) is 0.300. The van der Waals surface area contributed by atoms with Gasteiger partial charge in [-0.15, -0.1) is 0 Å². The van der Waals surface area contributed by atoms with Gasteiger partial charge in [0.2, 0.25) is 0 Å². The van der Waals surface area contributed by atoms with Crippen LogP contribution < -0.4 is 4.74 Å². The van der Waals surface area contributed by atoms with E-state index < -0.39 is 17.2 Å². The second-order valence-corrected chi connectivity index (χ2v) is 11.0. The molecule has 1 aliphatic heterocycles. The van der Waals surface area contributed by atoms with Crippen LogP contribution in [0.25, 0.3) is 43.1 Å². The molecular weight excluding hydrogens is 438 g/mol. The summed E-state index contributed by atoms with van der Waals surface area (Å²) in [5, 5.41) is 20.5. The number of hydrogen-bond acceptors (Lipinski definition) is 5. The van der Waals surface area contributed by atoms with E-state index in [1.54, 1.807) is 0 Å². The van der Waals surface area contributed by atoms with Gasteiger partial charge in [0.05, 0.1) is 0 Å². The molecule has 1 heterocycles. The maximum atomic E-state index is 13.2. The third-order valence-electron chi connectivity index (χ3n) is 7.53. The average molecular weight is 468 g/mol. The molecule has 178 valence electrons. The van der Waals surface area contributed by atoms with E-state index in [0.717, 1.165) is 37.7 Å². The van der Waals surface area contributed by atoms with Crippen LogP contribution in [0.15, 0.2) is 66.7 Å². The van der Waals surface area contributed by atoms with Crippen molar-refractivity contribution in [3.63, 3.8) is 0 Å². The standard InChI is InChI=1S/C30H29NO4/c1-29(2)16-20(17-30(3,4)31(29)33)34-28(32)35-27-23-11-6-5-10-21(23)22-14-12-18-8-7-9-19-13-15-24(27)26(22)25(18)19/h5-15,20,33H,16-17H2,1-4H3. The van der Waals surface area contributed by atoms with Crippen molar-refractivity contribution in [3.8, 4) is 5.75 Å². The first kappa shape index (κ1) is 22.1. The van der Waals surface area contributed by atoms with Gasteiger partial charge >= 0.3 is 6.16 Å². The highest BCUT2D eigenvalue weighted by molar-refractivity contribution is 6.31. The molecule has 1 N–H and O–H groups in total. The number of rotatable bonds is 2. The summed E-state index contributed by atoms with van der Waals surface area (Å²) in [7, 11) is 0. The van der Waals surface area contributed by atoms with Crippen LogP contribution in [-0.2, 0) is 4.74 Å². The number of hydroxylamine groups is 2. The first-order valence-electron chi connectivity index (χ1n) is 12.1. The topological polar surface area (TPSA) is 59.0 Å². The fourth-order valence-electron chi connectivity index (χ4n) is 6.17. The summed E-state index contributed by atoms with van der Waals surface area (Å²) in [5.41, 5.74) is -1.04. The number of ether oxygens (including phenoxy) is 2. The number of hydrogen-bond donors (Lipinski definition) is 1. The fourth-order valence-corrected chi connectivity index (χ4v) is 6.17. The SMILES string of the molecule is CC1(C)CC(OC(=O)Oc2c3ccccc3c3ccc4cccc5ccc2c3c54)CC(C)(C)N1O. The molecule has 1 fully saturated rings. The van der Waals surface area contributed by atoms with E-state index in [9.17, 15) is 10.0 Å². The molecule has 0 saturated carbocycles. The second kappa shape index (κ2) is 7.54. The molecule has 1 saturated heterocycles. The Morgan fingerprint density at radius 1 is 0.771 bits per heavy atom. The third kappa shape index (κ3) is 3.41. The van der Waals surface area contributed by atoms with Crippen molar-refractivity contribution in [2.24, 2.45) is 0 Å². The van der Waals surface area contributed by atoms with Crippen molar-refractivity contribution < 1.29 is 19.5 Å². The molecule has 1 aliphatic rings. The quantitative estimate of drug-likeness (QED) is 0.125. The molecule has 0 spiro atoms. The van der Waals surface area contributed by atoms with Gasteiger partial charge in [-0.2, -0.15) is 5.06 Å². The maximum absolute atomic E-state index is 13.2. The lowest BCUT2D eigenvalue weighted by Crippen LogP contribution is -2.60. The van der Waals surface area contributed by atoms with E-state index >= 15 is 0 Å². The Morgan fingerprint density at radius 3 is 2.03 bits per heavy atom. The van der Waals surface area contributed by atoms with Crippen molar-refractivity contribution in [3.05, 3.63) is 66.7 Å². The largest absolute Gasteiger partial charge is 0.514 e. The van der Waals surface area contributed by atoms with Crippen molar-refractivity contribution in [1.82, 2.24) is 5.06 Å². The Balaban J connectivity index is 1.45. The lowest BCUT2D eigenvalue weighted by atomic mass is 9.80. The van der Waals surface area contributed by atoms with Gasteiger partial charge in [0, 0.05) is 40.1 Å². The van der Waals surface area contributed by atoms with E-state index in [4.69, 9.17) is 9.47 Å². The molecular formula is C30H29NO4. The molecule has 0 amide bonds. The molecule has 0 aromatic heterocycles. The molecule has 0 atom stereocenters. The van der Waals surface area contributed by atoms with Gasteiger partial charge in [0.15, 0.2) is 0 Å². The van der Waals surface area contributed by atoms with E-state index in [0.29, 0.717) is 18.6 Å². The van der Waals surface area contributed by atoms with E-state index in [2.05, 4.69) is 42.5 Å². The number of carbonyl (C=O) groups excluding carboxylic acids is 1. The summed E-state index contributed by atoms with van der Waals surface area (Å²) in [4.78, 5) is 13.2. The van der Waals surface area contributed by atoms with Crippen molar-refractivity contribution in [2.45, 2.75) is 57.7 Å². The maximum Gasteiger partial charge on any atom is 0.514 e. The molecule has 35 heavy (non-hydrogen) atoms. The van der Waals surface area contributed by atoms with Gasteiger partial charge in [-0.3, -0.25) is 0 Å². The summed E-state index contributed by atoms with van der Waals surface area (Å²) in [6.45, 7) is 7.79. The second-order valence-electron chi connectivity index (χ2n) is 11.0. The predicted octanol–water partition coefficient (Wildman–Crippen LogP) is 7.66. The van der Waals surface area contributed by atoms with Gasteiger partial charge in [0.1, 0.15) is 11.9 Å². The third-order valence-corrected chi connectivity index (χ3v) is 7.53. The van der Waals surface area contributed by atoms with Crippen LogP contribution in [0.4, 0.5) is 4.79 Å². The Hall–Kier alpha value is -3.41. The lowest BCUT2D eigenvalue weighted by Gasteiger charge is -2.50. The number of nitrogens with zero attached hydrogens (tertiary/aromatic N) is 1. The van der Waals surface area contributed by atoms with Crippen LogP contribution in [0.5, 0.6) is 5.75 Å². The number of piperidine rings is 1. The first-order valence-corrected chi connectivity index (χ1v) is 12.1. The Labute approximate surface area is 204 Å². The molecule has 5 heteroatoms. The highest BCUT2D eigenvalue weighted by atomic mass is 16.7. The first-order chi connectivity index (χ1) is 16.7. The molecule has 0 aliphatic carbocycles. The number of fused-ring (bicyclic) bond motifs is 2. The van der Waals surface area contributed by atoms with Gasteiger partial charge in [-0.05, 0) is 60.7 Å². The van der Waals surface area contributed by atoms with Crippen LogP contribution in [0.3, 0.4) is 0 Å². The smallest absolute Gasteiger partial charge is 0.431 e. The van der Waals surface area contributed by atoms with Crippen LogP contribution in [0, 0.1) is 0 Å². The summed E-state index contributed by atoms with van der Waals surface area (Å²) in [6.07, 6.45) is -0.0437. The van der Waals surface area contributed by atoms with Crippen molar-refractivity contribution in [1.29, 1.82) is 0 Å². The molecule has 5 aromatic rings. The van der Waals surface area contributed by atoms with Gasteiger partial charge in [-0.1, -0.05) is 60.7 Å². The van der Waals surface area contributed by atoms with E-state index in [1.807, 2.05) is 52.0 Å². The summed E-state index contributed by atoms with van der Waals surface area (Å²) in [5.74, 6) is 0.523. The average Bonchev–Trinajstić information content (AvgIpc) is 2.81. The van der Waals surface area contributed by atoms with Crippen LogP contribution in [0.2, 0.25) is 0 Å². The van der Waals surface area contributed by atoms with Crippen molar-refractivity contribution >= 4 is 49.2 Å². The van der Waals surface area contributed by atoms with E-state index in [1.165, 1.54) is 10.4 Å². The zero-order valence-corrected chi connectivity index (χ0v) is 20.5. The van der Waals surface area contributed by atoms with Gasteiger partial charge in [0.25, 0.3) is 0 Å². The molecule has 0 radical (unpaired) electrons. The predicted molar refractivity (Wildman–Crippen MR) is 140 cm³/mol. The van der Waals surface area contributed by atoms with Crippen LogP contribution in [0.1, 0.15) is 40.5 Å². The van der Waals surface area contributed by atoms with E-state index in [-0.39, 0.29) is 6.10 Å². The number of benzene rings is 5. The highest BCUT2D eigenvalue weighted by Crippen LogP contribution is 2.45. The molecule has 5 aromatic carbocycles.